The molecule has 0 aromatic rings. The molecule has 1 saturated heterocycles. The Balaban J connectivity index is 2.67. The fraction of sp³-hybridized carbons (Fsp3) is 0.600. The molecule has 1 aliphatic rings. The topological polar surface area (TPSA) is 37.4 Å². The summed E-state index contributed by atoms with van der Waals surface area (Å²) in [5.41, 5.74) is -0.536. The summed E-state index contributed by atoms with van der Waals surface area (Å²) in [5.74, 6) is 0.209. The van der Waals surface area contributed by atoms with Crippen molar-refractivity contribution in [1.82, 2.24) is 4.90 Å². The minimum Gasteiger partial charge on any atom is -0.278 e. The molecule has 3 nitrogen and oxygen atoms in total. The fourth-order valence-electron chi connectivity index (χ4n) is 1.46. The smallest absolute Gasteiger partial charge is 0.235 e. The number of amides is 2. The van der Waals surface area contributed by atoms with E-state index in [4.69, 9.17) is 11.6 Å². The number of nitrogens with zero attached hydrogens (tertiary/aromatic N) is 1. The van der Waals surface area contributed by atoms with E-state index in [1.165, 1.54) is 4.90 Å². The van der Waals surface area contributed by atoms with E-state index in [9.17, 15) is 9.59 Å². The molecule has 0 saturated carbocycles. The first kappa shape index (κ1) is 11.2. The second-order valence-corrected chi connectivity index (χ2v) is 4.30. The van der Waals surface area contributed by atoms with Gasteiger partial charge in [0.15, 0.2) is 0 Å². The largest absolute Gasteiger partial charge is 0.278 e. The molecular weight excluding hydrogens is 202 g/mol. The molecule has 0 unspecified atom stereocenters. The molecule has 0 atom stereocenters. The van der Waals surface area contributed by atoms with Crippen molar-refractivity contribution in [2.45, 2.75) is 20.3 Å². The highest BCUT2D eigenvalue weighted by Gasteiger charge is 2.43. The van der Waals surface area contributed by atoms with Gasteiger partial charge in [-0.15, -0.1) is 11.6 Å². The molecule has 1 heterocycles. The Labute approximate surface area is 88.7 Å². The van der Waals surface area contributed by atoms with Gasteiger partial charge in [0.25, 0.3) is 0 Å². The average Bonchev–Trinajstić information content (AvgIpc) is 2.27. The van der Waals surface area contributed by atoms with Crippen molar-refractivity contribution < 1.29 is 9.59 Å². The first-order chi connectivity index (χ1) is 6.49. The van der Waals surface area contributed by atoms with Crippen LogP contribution in [0.2, 0.25) is 0 Å². The molecule has 14 heavy (non-hydrogen) atoms. The summed E-state index contributed by atoms with van der Waals surface area (Å²) in [7, 11) is 0. The Morgan fingerprint density at radius 1 is 1.43 bits per heavy atom. The van der Waals surface area contributed by atoms with Crippen LogP contribution in [0.3, 0.4) is 0 Å². The van der Waals surface area contributed by atoms with Crippen LogP contribution in [0.1, 0.15) is 20.3 Å². The summed E-state index contributed by atoms with van der Waals surface area (Å²) in [6, 6.07) is 0. The molecule has 0 aliphatic carbocycles. The van der Waals surface area contributed by atoms with Crippen molar-refractivity contribution >= 4 is 23.4 Å². The number of rotatable bonds is 3. The van der Waals surface area contributed by atoms with Crippen molar-refractivity contribution in [3.63, 3.8) is 0 Å². The van der Waals surface area contributed by atoms with E-state index in [0.717, 1.165) is 0 Å². The van der Waals surface area contributed by atoms with E-state index in [-0.39, 0.29) is 11.8 Å². The zero-order valence-corrected chi connectivity index (χ0v) is 9.17. The molecule has 0 aromatic carbocycles. The van der Waals surface area contributed by atoms with Crippen LogP contribution in [0.25, 0.3) is 0 Å². The summed E-state index contributed by atoms with van der Waals surface area (Å²) in [5, 5.41) is 0. The fourth-order valence-corrected chi connectivity index (χ4v) is 1.58. The van der Waals surface area contributed by atoms with Gasteiger partial charge < -0.3 is 0 Å². The van der Waals surface area contributed by atoms with Crippen LogP contribution in [-0.2, 0) is 9.59 Å². The quantitative estimate of drug-likeness (QED) is 0.407. The third kappa shape index (κ3) is 2.15. The molecule has 0 bridgehead atoms. The molecule has 78 valence electrons. The number of likely N-dealkylation sites (tertiary alicyclic amines) is 1. The van der Waals surface area contributed by atoms with E-state index in [1.807, 2.05) is 0 Å². The van der Waals surface area contributed by atoms with Crippen LogP contribution in [0.4, 0.5) is 0 Å². The number of carbonyl (C=O) groups is 2. The van der Waals surface area contributed by atoms with Crippen LogP contribution in [0.5, 0.6) is 0 Å². The Morgan fingerprint density at radius 2 is 2.07 bits per heavy atom. The normalized spacial score (nSPS) is 21.2. The predicted octanol–water partition coefficient (Wildman–Crippen LogP) is 1.57. The van der Waals surface area contributed by atoms with Crippen molar-refractivity contribution in [2.24, 2.45) is 5.41 Å². The van der Waals surface area contributed by atoms with Gasteiger partial charge in [-0.3, -0.25) is 14.5 Å². The maximum absolute atomic E-state index is 11.7. The molecule has 0 spiro atoms. The number of hydrogen-bond acceptors (Lipinski definition) is 2. The van der Waals surface area contributed by atoms with Crippen LogP contribution in [0.15, 0.2) is 12.2 Å². The van der Waals surface area contributed by atoms with Crippen LogP contribution in [0, 0.1) is 5.41 Å². The minimum atomic E-state index is -0.536. The third-order valence-electron chi connectivity index (χ3n) is 2.26. The zero-order chi connectivity index (χ0) is 10.8. The Kier molecular flexibility index (Phi) is 3.32. The molecule has 0 radical (unpaired) electrons. The van der Waals surface area contributed by atoms with Gasteiger partial charge in [-0.25, -0.2) is 0 Å². The van der Waals surface area contributed by atoms with E-state index >= 15 is 0 Å². The van der Waals surface area contributed by atoms with Crippen LogP contribution in [-0.4, -0.2) is 29.1 Å². The van der Waals surface area contributed by atoms with Crippen molar-refractivity contribution in [3.05, 3.63) is 12.2 Å². The van der Waals surface area contributed by atoms with Crippen LogP contribution < -0.4 is 0 Å². The second kappa shape index (κ2) is 4.13. The number of carbonyl (C=O) groups excluding carboxylic acids is 2. The minimum absolute atomic E-state index is 0.0956. The SMILES string of the molecule is CC1(C)CC(=O)N(CC=CCCl)C1=O. The van der Waals surface area contributed by atoms with E-state index < -0.39 is 5.41 Å². The van der Waals surface area contributed by atoms with E-state index in [1.54, 1.807) is 26.0 Å². The predicted molar refractivity (Wildman–Crippen MR) is 55.0 cm³/mol. The van der Waals surface area contributed by atoms with Gasteiger partial charge >= 0.3 is 0 Å². The maximum atomic E-state index is 11.7. The molecule has 1 rings (SSSR count). The third-order valence-corrected chi connectivity index (χ3v) is 2.44. The van der Waals surface area contributed by atoms with Crippen molar-refractivity contribution in [2.75, 3.05) is 12.4 Å². The summed E-state index contributed by atoms with van der Waals surface area (Å²) in [6.45, 7) is 3.92. The number of imide groups is 1. The standard InChI is InChI=1S/C10H14ClNO2/c1-10(2)7-8(13)12(9(10)14)6-4-3-5-11/h3-4H,5-7H2,1-2H3. The molecule has 0 aromatic heterocycles. The van der Waals surface area contributed by atoms with Gasteiger partial charge in [-0.2, -0.15) is 0 Å². The summed E-state index contributed by atoms with van der Waals surface area (Å²) in [4.78, 5) is 24.4. The van der Waals surface area contributed by atoms with Gasteiger partial charge in [0.1, 0.15) is 0 Å². The summed E-state index contributed by atoms with van der Waals surface area (Å²) in [6.07, 6.45) is 3.78. The lowest BCUT2D eigenvalue weighted by molar-refractivity contribution is -0.140. The van der Waals surface area contributed by atoms with Crippen LogP contribution >= 0.6 is 11.6 Å². The zero-order valence-electron chi connectivity index (χ0n) is 8.42. The van der Waals surface area contributed by atoms with Gasteiger partial charge in [0.2, 0.25) is 11.8 Å². The second-order valence-electron chi connectivity index (χ2n) is 4.00. The molecule has 0 N–H and O–H groups in total. The van der Waals surface area contributed by atoms with Crippen molar-refractivity contribution in [3.8, 4) is 0 Å². The van der Waals surface area contributed by atoms with Gasteiger partial charge in [-0.05, 0) is 0 Å². The molecule has 1 fully saturated rings. The first-order valence-electron chi connectivity index (χ1n) is 4.55. The molecule has 4 heteroatoms. The lowest BCUT2D eigenvalue weighted by Gasteiger charge is -2.15. The van der Waals surface area contributed by atoms with Gasteiger partial charge in [0, 0.05) is 18.8 Å². The maximum Gasteiger partial charge on any atom is 0.235 e. The van der Waals surface area contributed by atoms with Gasteiger partial charge in [-0.1, -0.05) is 26.0 Å². The highest BCUT2D eigenvalue weighted by Crippen LogP contribution is 2.31. The molecular formula is C10H14ClNO2. The number of allylic oxidation sites excluding steroid dienone is 1. The number of hydrogen-bond donors (Lipinski definition) is 0. The first-order valence-corrected chi connectivity index (χ1v) is 5.08. The number of halogens is 1. The lowest BCUT2D eigenvalue weighted by atomic mass is 9.92. The molecule has 2 amide bonds. The van der Waals surface area contributed by atoms with E-state index in [2.05, 4.69) is 0 Å². The monoisotopic (exact) mass is 215 g/mol. The lowest BCUT2D eigenvalue weighted by Crippen LogP contribution is -2.33. The summed E-state index contributed by atoms with van der Waals surface area (Å²) >= 11 is 5.44. The molecule has 1 aliphatic heterocycles. The highest BCUT2D eigenvalue weighted by atomic mass is 35.5. The number of alkyl halides is 1. The Morgan fingerprint density at radius 3 is 2.50 bits per heavy atom. The Hall–Kier alpha value is -0.830. The van der Waals surface area contributed by atoms with Gasteiger partial charge in [0.05, 0.1) is 5.41 Å². The van der Waals surface area contributed by atoms with Crippen molar-refractivity contribution in [1.29, 1.82) is 0 Å². The average molecular weight is 216 g/mol. The highest BCUT2D eigenvalue weighted by molar-refractivity contribution is 6.18. The van der Waals surface area contributed by atoms with E-state index in [0.29, 0.717) is 18.8 Å². The Bertz CT molecular complexity index is 284. The summed E-state index contributed by atoms with van der Waals surface area (Å²) < 4.78 is 0.